The Morgan fingerprint density at radius 3 is 2.46 bits per heavy atom. The second kappa shape index (κ2) is 6.84. The molecule has 0 spiro atoms. The zero-order valence-corrected chi connectivity index (χ0v) is 15.7. The highest BCUT2D eigenvalue weighted by Crippen LogP contribution is 2.23. The van der Waals surface area contributed by atoms with E-state index in [1.54, 1.807) is 19.1 Å². The molecule has 0 saturated carbocycles. The van der Waals surface area contributed by atoms with E-state index in [-0.39, 0.29) is 17.2 Å². The maximum absolute atomic E-state index is 13.4. The van der Waals surface area contributed by atoms with Gasteiger partial charge in [-0.2, -0.15) is 9.97 Å². The average molecular weight is 375 g/mol. The van der Waals surface area contributed by atoms with Crippen molar-refractivity contribution < 1.29 is 4.39 Å². The molecule has 2 aromatic heterocycles. The third-order valence-electron chi connectivity index (χ3n) is 4.61. The van der Waals surface area contributed by atoms with E-state index in [1.165, 1.54) is 22.6 Å². The highest BCUT2D eigenvalue weighted by atomic mass is 19.1. The Morgan fingerprint density at radius 2 is 1.71 bits per heavy atom. The normalized spacial score (nSPS) is 11.0. The van der Waals surface area contributed by atoms with Gasteiger partial charge in [-0.25, -0.2) is 13.8 Å². The third kappa shape index (κ3) is 3.22. The molecule has 4 rings (SSSR count). The Kier molecular flexibility index (Phi) is 4.35. The van der Waals surface area contributed by atoms with Gasteiger partial charge >= 0.3 is 0 Å². The molecule has 0 aliphatic rings. The van der Waals surface area contributed by atoms with Gasteiger partial charge in [0.2, 0.25) is 11.7 Å². The van der Waals surface area contributed by atoms with Gasteiger partial charge in [-0.1, -0.05) is 12.1 Å². The summed E-state index contributed by atoms with van der Waals surface area (Å²) >= 11 is 0. The number of nitrogens with one attached hydrogen (secondary N) is 1. The second-order valence-electron chi connectivity index (χ2n) is 6.62. The summed E-state index contributed by atoms with van der Waals surface area (Å²) in [5, 5.41) is 3.21. The van der Waals surface area contributed by atoms with E-state index in [0.717, 1.165) is 16.8 Å². The van der Waals surface area contributed by atoms with Crippen LogP contribution in [0, 0.1) is 26.6 Å². The van der Waals surface area contributed by atoms with Crippen molar-refractivity contribution in [3.63, 3.8) is 0 Å². The van der Waals surface area contributed by atoms with Crippen LogP contribution in [0.2, 0.25) is 0 Å². The molecule has 1 N–H and O–H groups in total. The van der Waals surface area contributed by atoms with Crippen molar-refractivity contribution in [1.29, 1.82) is 0 Å². The minimum Gasteiger partial charge on any atom is -0.324 e. The first-order chi connectivity index (χ1) is 13.4. The van der Waals surface area contributed by atoms with Crippen LogP contribution >= 0.6 is 0 Å². The van der Waals surface area contributed by atoms with E-state index in [9.17, 15) is 9.18 Å². The number of halogens is 1. The lowest BCUT2D eigenvalue weighted by atomic mass is 10.1. The van der Waals surface area contributed by atoms with Crippen LogP contribution in [0.1, 0.15) is 16.8 Å². The first-order valence-corrected chi connectivity index (χ1v) is 8.80. The van der Waals surface area contributed by atoms with Gasteiger partial charge in [0.15, 0.2) is 5.82 Å². The Bertz CT molecular complexity index is 1250. The van der Waals surface area contributed by atoms with Gasteiger partial charge in [0.05, 0.1) is 0 Å². The van der Waals surface area contributed by atoms with E-state index >= 15 is 0 Å². The highest BCUT2D eigenvalue weighted by molar-refractivity contribution is 5.64. The van der Waals surface area contributed by atoms with Crippen LogP contribution in [-0.4, -0.2) is 19.4 Å². The molecule has 0 radical (unpaired) electrons. The maximum atomic E-state index is 13.4. The molecule has 0 unspecified atom stereocenters. The largest absolute Gasteiger partial charge is 0.324 e. The molecular weight excluding hydrogens is 357 g/mol. The van der Waals surface area contributed by atoms with E-state index in [4.69, 9.17) is 0 Å². The van der Waals surface area contributed by atoms with Gasteiger partial charge in [0.25, 0.3) is 5.56 Å². The fourth-order valence-corrected chi connectivity index (χ4v) is 2.98. The highest BCUT2D eigenvalue weighted by Gasteiger charge is 2.14. The topological polar surface area (TPSA) is 72.2 Å². The van der Waals surface area contributed by atoms with Crippen molar-refractivity contribution in [2.45, 2.75) is 20.8 Å². The molecule has 0 fully saturated rings. The Morgan fingerprint density at radius 1 is 0.964 bits per heavy atom. The number of hydrogen-bond donors (Lipinski definition) is 1. The van der Waals surface area contributed by atoms with Crippen molar-refractivity contribution >= 4 is 17.4 Å². The number of benzene rings is 2. The Balaban J connectivity index is 1.94. The van der Waals surface area contributed by atoms with Gasteiger partial charge < -0.3 is 5.32 Å². The van der Waals surface area contributed by atoms with Crippen LogP contribution in [0.5, 0.6) is 0 Å². The predicted molar refractivity (Wildman–Crippen MR) is 106 cm³/mol. The second-order valence-corrected chi connectivity index (χ2v) is 6.62. The maximum Gasteiger partial charge on any atom is 0.261 e. The molecule has 28 heavy (non-hydrogen) atoms. The lowest BCUT2D eigenvalue weighted by Gasteiger charge is -2.13. The molecule has 0 atom stereocenters. The monoisotopic (exact) mass is 375 g/mol. The standard InChI is InChI=1S/C21H18FN5O/c1-12-5-4-6-17(14(12)3)24-20-25-19(15-7-9-16(22)10-8-15)27-18(28)11-13(2)23-21(27)26-20/h4-11H,1-3H3,(H,23,24,26). The van der Waals surface area contributed by atoms with Gasteiger partial charge in [0, 0.05) is 23.0 Å². The van der Waals surface area contributed by atoms with Crippen molar-refractivity contribution in [2.75, 3.05) is 5.32 Å². The molecular formula is C21H18FN5O. The first-order valence-electron chi connectivity index (χ1n) is 8.80. The molecule has 0 aliphatic carbocycles. The summed E-state index contributed by atoms with van der Waals surface area (Å²) in [7, 11) is 0. The van der Waals surface area contributed by atoms with E-state index in [2.05, 4.69) is 20.3 Å². The molecule has 0 bridgehead atoms. The van der Waals surface area contributed by atoms with Gasteiger partial charge in [0.1, 0.15) is 5.82 Å². The number of fused-ring (bicyclic) bond motifs is 1. The minimum absolute atomic E-state index is 0.229. The summed E-state index contributed by atoms with van der Waals surface area (Å²) in [4.78, 5) is 25.9. The molecule has 0 amide bonds. The lowest BCUT2D eigenvalue weighted by molar-refractivity contribution is 0.628. The van der Waals surface area contributed by atoms with Crippen molar-refractivity contribution in [1.82, 2.24) is 19.4 Å². The molecule has 0 aliphatic heterocycles. The van der Waals surface area contributed by atoms with Crippen LogP contribution in [0.3, 0.4) is 0 Å². The van der Waals surface area contributed by atoms with E-state index in [0.29, 0.717) is 23.0 Å². The molecule has 2 heterocycles. The van der Waals surface area contributed by atoms with Crippen LogP contribution in [0.4, 0.5) is 16.0 Å². The van der Waals surface area contributed by atoms with Crippen LogP contribution in [0.25, 0.3) is 17.2 Å². The zero-order chi connectivity index (χ0) is 19.8. The van der Waals surface area contributed by atoms with Crippen molar-refractivity contribution in [3.8, 4) is 11.4 Å². The lowest BCUT2D eigenvalue weighted by Crippen LogP contribution is -2.20. The molecule has 2 aromatic carbocycles. The fraction of sp³-hybridized carbons (Fsp3) is 0.143. The number of aryl methyl sites for hydroxylation is 2. The SMILES string of the molecule is Cc1cc(=O)n2c(-c3ccc(F)cc3)nc(Nc3cccc(C)c3C)nc2n1. The summed E-state index contributed by atoms with van der Waals surface area (Å²) in [5.74, 6) is 0.519. The van der Waals surface area contributed by atoms with Gasteiger partial charge in [-0.3, -0.25) is 4.79 Å². The van der Waals surface area contributed by atoms with Crippen LogP contribution < -0.4 is 10.9 Å². The molecule has 6 nitrogen and oxygen atoms in total. The van der Waals surface area contributed by atoms with Crippen molar-refractivity contribution in [2.24, 2.45) is 0 Å². The summed E-state index contributed by atoms with van der Waals surface area (Å²) in [5.41, 5.74) is 3.93. The smallest absolute Gasteiger partial charge is 0.261 e. The number of rotatable bonds is 3. The molecule has 140 valence electrons. The quantitative estimate of drug-likeness (QED) is 0.587. The molecule has 0 saturated heterocycles. The predicted octanol–water partition coefficient (Wildman–Crippen LogP) is 3.96. The summed E-state index contributed by atoms with van der Waals surface area (Å²) in [6.07, 6.45) is 0. The fourth-order valence-electron chi connectivity index (χ4n) is 2.98. The van der Waals surface area contributed by atoms with Crippen LogP contribution in [0.15, 0.2) is 53.3 Å². The van der Waals surface area contributed by atoms with Crippen molar-refractivity contribution in [3.05, 3.63) is 81.5 Å². The van der Waals surface area contributed by atoms with Gasteiger partial charge in [-0.15, -0.1) is 0 Å². The number of nitrogens with zero attached hydrogens (tertiary/aromatic N) is 4. The van der Waals surface area contributed by atoms with Gasteiger partial charge in [-0.05, 0) is 62.2 Å². The first kappa shape index (κ1) is 17.8. The molecule has 7 heteroatoms. The summed E-state index contributed by atoms with van der Waals surface area (Å²) in [6.45, 7) is 5.77. The average Bonchev–Trinajstić information content (AvgIpc) is 2.65. The number of anilines is 2. The number of hydrogen-bond acceptors (Lipinski definition) is 5. The van der Waals surface area contributed by atoms with E-state index in [1.807, 2.05) is 32.0 Å². The van der Waals surface area contributed by atoms with E-state index < -0.39 is 0 Å². The number of aromatic nitrogens is 4. The minimum atomic E-state index is -0.364. The van der Waals surface area contributed by atoms with Crippen LogP contribution in [-0.2, 0) is 0 Å². The molecule has 4 aromatic rings. The summed E-state index contributed by atoms with van der Waals surface area (Å²) in [6, 6.07) is 13.1. The third-order valence-corrected chi connectivity index (χ3v) is 4.61. The Hall–Kier alpha value is -3.61. The Labute approximate surface area is 160 Å². The zero-order valence-electron chi connectivity index (χ0n) is 15.7. The summed E-state index contributed by atoms with van der Waals surface area (Å²) < 4.78 is 14.7.